The fraction of sp³-hybridized carbons (Fsp3) is 0.167. The molecule has 2 atom stereocenters. The van der Waals surface area contributed by atoms with Gasteiger partial charge in [-0.15, -0.1) is 0 Å². The molecule has 1 heteroatoms. The van der Waals surface area contributed by atoms with Crippen LogP contribution in [0.2, 0.25) is 5.02 Å². The molecule has 4 rings (SSSR count). The molecule has 25 heavy (non-hydrogen) atoms. The fourth-order valence-corrected chi connectivity index (χ4v) is 3.91. The highest BCUT2D eigenvalue weighted by Gasteiger charge is 2.30. The Morgan fingerprint density at radius 1 is 0.760 bits per heavy atom. The summed E-state index contributed by atoms with van der Waals surface area (Å²) >= 11 is 6.06. The minimum atomic E-state index is 0.412. The van der Waals surface area contributed by atoms with Crippen LogP contribution >= 0.6 is 11.6 Å². The van der Waals surface area contributed by atoms with Crippen molar-refractivity contribution in [3.63, 3.8) is 0 Å². The van der Waals surface area contributed by atoms with E-state index in [0.717, 1.165) is 11.4 Å². The van der Waals surface area contributed by atoms with Crippen molar-refractivity contribution >= 4 is 17.2 Å². The number of benzene rings is 3. The van der Waals surface area contributed by atoms with E-state index in [1.165, 1.54) is 27.8 Å². The van der Waals surface area contributed by atoms with E-state index >= 15 is 0 Å². The Morgan fingerprint density at radius 2 is 1.44 bits per heavy atom. The summed E-state index contributed by atoms with van der Waals surface area (Å²) in [6, 6.07) is 28.1. The van der Waals surface area contributed by atoms with Gasteiger partial charge in [-0.25, -0.2) is 0 Å². The van der Waals surface area contributed by atoms with Gasteiger partial charge in [0.1, 0.15) is 0 Å². The molecule has 0 N–H and O–H groups in total. The summed E-state index contributed by atoms with van der Waals surface area (Å²) in [4.78, 5) is 0. The molecule has 124 valence electrons. The summed E-state index contributed by atoms with van der Waals surface area (Å²) in [5.41, 5.74) is 6.80. The lowest BCUT2D eigenvalue weighted by Gasteiger charge is -2.20. The van der Waals surface area contributed by atoms with Crippen LogP contribution in [0.25, 0.3) is 5.57 Å². The maximum absolute atomic E-state index is 6.06. The molecule has 0 bridgehead atoms. The molecule has 0 nitrogen and oxygen atoms in total. The molecule has 0 saturated heterocycles. The lowest BCUT2D eigenvalue weighted by Crippen LogP contribution is -2.05. The number of halogens is 1. The average molecular weight is 345 g/mol. The Labute approximate surface area is 154 Å². The average Bonchev–Trinajstić information content (AvgIpc) is 3.09. The van der Waals surface area contributed by atoms with E-state index in [0.29, 0.717) is 11.8 Å². The quantitative estimate of drug-likeness (QED) is 0.479. The van der Waals surface area contributed by atoms with Gasteiger partial charge >= 0.3 is 0 Å². The van der Waals surface area contributed by atoms with Gasteiger partial charge in [0.15, 0.2) is 0 Å². The summed E-state index contributed by atoms with van der Waals surface area (Å²) in [6.45, 7) is 2.14. The third-order valence-corrected chi connectivity index (χ3v) is 5.41. The summed E-state index contributed by atoms with van der Waals surface area (Å²) in [7, 11) is 0. The molecule has 0 unspecified atom stereocenters. The Morgan fingerprint density at radius 3 is 2.12 bits per heavy atom. The second-order valence-electron chi connectivity index (χ2n) is 6.86. The van der Waals surface area contributed by atoms with Crippen molar-refractivity contribution in [3.05, 3.63) is 112 Å². The highest BCUT2D eigenvalue weighted by atomic mass is 35.5. The fourth-order valence-electron chi connectivity index (χ4n) is 3.79. The molecule has 0 heterocycles. The predicted molar refractivity (Wildman–Crippen MR) is 107 cm³/mol. The summed E-state index contributed by atoms with van der Waals surface area (Å²) in [5.74, 6) is 0.892. The van der Waals surface area contributed by atoms with Crippen LogP contribution in [0.15, 0.2) is 84.9 Å². The molecule has 3 aromatic carbocycles. The van der Waals surface area contributed by atoms with E-state index in [2.05, 4.69) is 79.7 Å². The number of hydrogen-bond donors (Lipinski definition) is 0. The Kier molecular flexibility index (Phi) is 4.46. The van der Waals surface area contributed by atoms with Gasteiger partial charge in [-0.2, -0.15) is 0 Å². The van der Waals surface area contributed by atoms with Gasteiger partial charge < -0.3 is 0 Å². The highest BCUT2D eigenvalue weighted by molar-refractivity contribution is 6.30. The monoisotopic (exact) mass is 344 g/mol. The minimum Gasteiger partial charge on any atom is -0.0843 e. The van der Waals surface area contributed by atoms with Gasteiger partial charge in [0.05, 0.1) is 0 Å². The molecular weight excluding hydrogens is 324 g/mol. The lowest BCUT2D eigenvalue weighted by atomic mass is 9.83. The second kappa shape index (κ2) is 6.90. The predicted octanol–water partition coefficient (Wildman–Crippen LogP) is 7.00. The Hall–Kier alpha value is -2.31. The molecule has 0 fully saturated rings. The molecule has 0 aromatic heterocycles. The van der Waals surface area contributed by atoms with E-state index in [-0.39, 0.29) is 0 Å². The number of aryl methyl sites for hydroxylation is 1. The molecule has 0 spiro atoms. The van der Waals surface area contributed by atoms with Gasteiger partial charge in [0, 0.05) is 10.9 Å². The van der Waals surface area contributed by atoms with Crippen molar-refractivity contribution in [2.45, 2.75) is 25.2 Å². The molecule has 1 aliphatic carbocycles. The lowest BCUT2D eigenvalue weighted by molar-refractivity contribution is 0.668. The first-order chi connectivity index (χ1) is 12.2. The second-order valence-corrected chi connectivity index (χ2v) is 7.29. The van der Waals surface area contributed by atoms with Gasteiger partial charge in [-0.3, -0.25) is 0 Å². The summed E-state index contributed by atoms with van der Waals surface area (Å²) in [6.07, 6.45) is 3.51. The van der Waals surface area contributed by atoms with Crippen LogP contribution in [-0.4, -0.2) is 0 Å². The van der Waals surface area contributed by atoms with Gasteiger partial charge in [-0.1, -0.05) is 90.0 Å². The molecule has 0 saturated carbocycles. The maximum Gasteiger partial charge on any atom is 0.0406 e. The van der Waals surface area contributed by atoms with Crippen molar-refractivity contribution in [2.75, 3.05) is 0 Å². The number of allylic oxidation sites excluding steroid dienone is 2. The normalized spacial score (nSPS) is 19.7. The van der Waals surface area contributed by atoms with Crippen LogP contribution in [0.1, 0.15) is 40.5 Å². The van der Waals surface area contributed by atoms with Crippen LogP contribution in [0, 0.1) is 6.92 Å². The summed E-state index contributed by atoms with van der Waals surface area (Å²) in [5, 5.41) is 0.789. The van der Waals surface area contributed by atoms with Gasteiger partial charge in [-0.05, 0) is 53.7 Å². The Bertz CT molecular complexity index is 874. The maximum atomic E-state index is 6.06. The van der Waals surface area contributed by atoms with Crippen molar-refractivity contribution in [3.8, 4) is 0 Å². The van der Waals surface area contributed by atoms with E-state index in [4.69, 9.17) is 11.6 Å². The Balaban J connectivity index is 1.73. The van der Waals surface area contributed by atoms with E-state index < -0.39 is 0 Å². The largest absolute Gasteiger partial charge is 0.0843 e. The van der Waals surface area contributed by atoms with Gasteiger partial charge in [0.25, 0.3) is 0 Å². The molecule has 0 aliphatic heterocycles. The zero-order valence-corrected chi connectivity index (χ0v) is 15.1. The number of rotatable bonds is 3. The molecule has 3 aromatic rings. The first-order valence-electron chi connectivity index (χ1n) is 8.79. The minimum absolute atomic E-state index is 0.412. The molecule has 0 amide bonds. The molecular formula is C24H21Cl. The van der Waals surface area contributed by atoms with Crippen molar-refractivity contribution in [1.29, 1.82) is 0 Å². The van der Waals surface area contributed by atoms with Crippen LogP contribution in [-0.2, 0) is 0 Å². The smallest absolute Gasteiger partial charge is 0.0406 e. The zero-order valence-electron chi connectivity index (χ0n) is 14.3. The van der Waals surface area contributed by atoms with Crippen molar-refractivity contribution in [2.24, 2.45) is 0 Å². The first-order valence-corrected chi connectivity index (χ1v) is 9.16. The first kappa shape index (κ1) is 16.2. The zero-order chi connectivity index (χ0) is 17.2. The van der Waals surface area contributed by atoms with E-state index in [1.54, 1.807) is 0 Å². The van der Waals surface area contributed by atoms with E-state index in [9.17, 15) is 0 Å². The van der Waals surface area contributed by atoms with Crippen molar-refractivity contribution in [1.82, 2.24) is 0 Å². The van der Waals surface area contributed by atoms with Crippen molar-refractivity contribution < 1.29 is 0 Å². The van der Waals surface area contributed by atoms with Crippen LogP contribution in [0.5, 0.6) is 0 Å². The SMILES string of the molecule is Cc1ccc([C@@H]2CC(c3ccc(Cl)cc3)=C[C@@H]2c2ccccc2)cc1. The highest BCUT2D eigenvalue weighted by Crippen LogP contribution is 2.47. The van der Waals surface area contributed by atoms with Crippen LogP contribution in [0.4, 0.5) is 0 Å². The third kappa shape index (κ3) is 3.41. The van der Waals surface area contributed by atoms with Crippen LogP contribution < -0.4 is 0 Å². The number of hydrogen-bond acceptors (Lipinski definition) is 0. The third-order valence-electron chi connectivity index (χ3n) is 5.16. The van der Waals surface area contributed by atoms with Gasteiger partial charge in [0.2, 0.25) is 0 Å². The standard InChI is InChI=1S/C24H21Cl/c1-17-7-9-20(10-8-17)24-16-21(18-11-13-22(25)14-12-18)15-23(24)19-5-3-2-4-6-19/h2-15,23-24H,16H2,1H3/t23-,24+/m1/s1. The molecule has 1 aliphatic rings. The topological polar surface area (TPSA) is 0 Å². The summed E-state index contributed by atoms with van der Waals surface area (Å²) < 4.78 is 0. The molecule has 0 radical (unpaired) electrons. The van der Waals surface area contributed by atoms with E-state index in [1.807, 2.05) is 12.1 Å². The van der Waals surface area contributed by atoms with Crippen LogP contribution in [0.3, 0.4) is 0 Å².